The minimum atomic E-state index is 0.198. The monoisotopic (exact) mass is 382 g/mol. The van der Waals surface area contributed by atoms with Crippen LogP contribution in [0, 0.1) is 5.92 Å². The molecule has 0 saturated carbocycles. The summed E-state index contributed by atoms with van der Waals surface area (Å²) in [5, 5.41) is 0. The molecule has 3 heterocycles. The lowest BCUT2D eigenvalue weighted by atomic mass is 9.91. The van der Waals surface area contributed by atoms with Crippen LogP contribution >= 0.6 is 0 Å². The van der Waals surface area contributed by atoms with Gasteiger partial charge in [-0.1, -0.05) is 24.3 Å². The van der Waals surface area contributed by atoms with E-state index in [0.717, 1.165) is 32.5 Å². The van der Waals surface area contributed by atoms with Crippen molar-refractivity contribution in [3.63, 3.8) is 0 Å². The van der Waals surface area contributed by atoms with E-state index in [1.54, 1.807) is 11.1 Å². The molecule has 5 nitrogen and oxygen atoms in total. The average Bonchev–Trinajstić information content (AvgIpc) is 3.15. The van der Waals surface area contributed by atoms with E-state index in [-0.39, 0.29) is 12.0 Å². The van der Waals surface area contributed by atoms with Crippen LogP contribution in [0.2, 0.25) is 0 Å². The van der Waals surface area contributed by atoms with Crippen LogP contribution in [0.15, 0.2) is 24.3 Å². The first-order chi connectivity index (χ1) is 13.7. The topological polar surface area (TPSA) is 52.8 Å². The molecule has 1 aromatic rings. The molecule has 3 saturated heterocycles. The van der Waals surface area contributed by atoms with Crippen molar-refractivity contribution in [2.75, 3.05) is 39.3 Å². The van der Waals surface area contributed by atoms with Gasteiger partial charge in [0.15, 0.2) is 0 Å². The Labute approximate surface area is 168 Å². The Balaban J connectivity index is 1.12. The van der Waals surface area contributed by atoms with E-state index >= 15 is 0 Å². The first kappa shape index (κ1) is 18.6. The summed E-state index contributed by atoms with van der Waals surface area (Å²) >= 11 is 0. The van der Waals surface area contributed by atoms with E-state index in [9.17, 15) is 4.79 Å². The minimum Gasteiger partial charge on any atom is -0.339 e. The van der Waals surface area contributed by atoms with E-state index in [1.165, 1.54) is 45.3 Å². The van der Waals surface area contributed by atoms with Crippen LogP contribution in [0.3, 0.4) is 0 Å². The van der Waals surface area contributed by atoms with Crippen LogP contribution < -0.4 is 5.73 Å². The first-order valence-corrected chi connectivity index (χ1v) is 11.3. The number of benzene rings is 1. The summed E-state index contributed by atoms with van der Waals surface area (Å²) in [6.07, 6.45) is 7.16. The Bertz CT molecular complexity index is 683. The first-order valence-electron chi connectivity index (χ1n) is 11.3. The molecule has 1 aromatic carbocycles. The van der Waals surface area contributed by atoms with Crippen LogP contribution in [-0.2, 0) is 17.6 Å². The molecule has 5 heteroatoms. The van der Waals surface area contributed by atoms with Crippen LogP contribution in [0.25, 0.3) is 0 Å². The van der Waals surface area contributed by atoms with Gasteiger partial charge in [0.25, 0.3) is 0 Å². The van der Waals surface area contributed by atoms with Gasteiger partial charge in [-0.15, -0.1) is 0 Å². The van der Waals surface area contributed by atoms with E-state index in [4.69, 9.17) is 5.73 Å². The Morgan fingerprint density at radius 2 is 1.54 bits per heavy atom. The molecular weight excluding hydrogens is 348 g/mol. The number of nitrogens with two attached hydrogens (primary N) is 1. The molecule has 4 aliphatic rings. The van der Waals surface area contributed by atoms with Crippen molar-refractivity contribution in [1.29, 1.82) is 0 Å². The van der Waals surface area contributed by atoms with Crippen molar-refractivity contribution < 1.29 is 4.79 Å². The lowest BCUT2D eigenvalue weighted by Gasteiger charge is -2.45. The van der Waals surface area contributed by atoms with Gasteiger partial charge in [-0.05, 0) is 69.3 Å². The van der Waals surface area contributed by atoms with Crippen LogP contribution in [0.5, 0.6) is 0 Å². The predicted octanol–water partition coefficient (Wildman–Crippen LogP) is 1.50. The zero-order chi connectivity index (χ0) is 19.1. The zero-order valence-corrected chi connectivity index (χ0v) is 16.9. The predicted molar refractivity (Wildman–Crippen MR) is 111 cm³/mol. The fourth-order valence-corrected chi connectivity index (χ4v) is 5.90. The zero-order valence-electron chi connectivity index (χ0n) is 16.9. The van der Waals surface area contributed by atoms with Gasteiger partial charge < -0.3 is 10.6 Å². The number of hydrogen-bond donors (Lipinski definition) is 1. The molecule has 1 aliphatic carbocycles. The molecule has 0 spiro atoms. The summed E-state index contributed by atoms with van der Waals surface area (Å²) in [6.45, 7) is 6.07. The maximum atomic E-state index is 12.7. The second kappa shape index (κ2) is 7.77. The molecule has 0 radical (unpaired) electrons. The van der Waals surface area contributed by atoms with Crippen molar-refractivity contribution in [2.24, 2.45) is 11.7 Å². The molecule has 1 atom stereocenters. The van der Waals surface area contributed by atoms with E-state index in [0.29, 0.717) is 18.0 Å². The number of hydrogen-bond acceptors (Lipinski definition) is 4. The number of likely N-dealkylation sites (tertiary alicyclic amines) is 3. The summed E-state index contributed by atoms with van der Waals surface area (Å²) < 4.78 is 0. The Kier molecular flexibility index (Phi) is 5.16. The molecule has 3 fully saturated rings. The molecule has 0 aromatic heterocycles. The lowest BCUT2D eigenvalue weighted by Crippen LogP contribution is -2.60. The van der Waals surface area contributed by atoms with Gasteiger partial charge in [0.1, 0.15) is 0 Å². The smallest absolute Gasteiger partial charge is 0.227 e. The molecule has 0 bridgehead atoms. The SMILES string of the molecule is NC1CN(C(=O)[C@H]2CCCN(C3CCN(C4Cc5ccccc5C4)CC3)C2)C1. The number of carbonyl (C=O) groups is 1. The molecule has 28 heavy (non-hydrogen) atoms. The van der Waals surface area contributed by atoms with E-state index < -0.39 is 0 Å². The molecule has 1 amide bonds. The fourth-order valence-electron chi connectivity index (χ4n) is 5.90. The summed E-state index contributed by atoms with van der Waals surface area (Å²) in [5.74, 6) is 0.552. The van der Waals surface area contributed by atoms with Gasteiger partial charge in [0, 0.05) is 37.8 Å². The summed E-state index contributed by atoms with van der Waals surface area (Å²) in [4.78, 5) is 20.1. The van der Waals surface area contributed by atoms with Crippen molar-refractivity contribution in [1.82, 2.24) is 14.7 Å². The highest BCUT2D eigenvalue weighted by Crippen LogP contribution is 2.30. The van der Waals surface area contributed by atoms with Gasteiger partial charge in [0.2, 0.25) is 5.91 Å². The second-order valence-electron chi connectivity index (χ2n) is 9.44. The number of piperidine rings is 2. The highest BCUT2D eigenvalue weighted by Gasteiger charge is 2.37. The van der Waals surface area contributed by atoms with Crippen LogP contribution in [-0.4, -0.2) is 78.0 Å². The number of nitrogens with zero attached hydrogens (tertiary/aromatic N) is 3. The fraction of sp³-hybridized carbons (Fsp3) is 0.696. The summed E-state index contributed by atoms with van der Waals surface area (Å²) in [7, 11) is 0. The highest BCUT2D eigenvalue weighted by molar-refractivity contribution is 5.80. The number of carbonyl (C=O) groups excluding carboxylic acids is 1. The Morgan fingerprint density at radius 1 is 0.857 bits per heavy atom. The standard InChI is InChI=1S/C23H34N4O/c24-20-15-27(16-20)23(28)19-6-3-9-26(14-19)21-7-10-25(11-8-21)22-12-17-4-1-2-5-18(17)13-22/h1-2,4-5,19-22H,3,6-16,24H2/t19-/m0/s1. The van der Waals surface area contributed by atoms with Gasteiger partial charge in [-0.2, -0.15) is 0 Å². The third kappa shape index (κ3) is 3.60. The third-order valence-electron chi connectivity index (χ3n) is 7.58. The van der Waals surface area contributed by atoms with Crippen molar-refractivity contribution in [3.05, 3.63) is 35.4 Å². The second-order valence-corrected chi connectivity index (χ2v) is 9.44. The van der Waals surface area contributed by atoms with Crippen molar-refractivity contribution in [3.8, 4) is 0 Å². The molecule has 5 rings (SSSR count). The van der Waals surface area contributed by atoms with E-state index in [2.05, 4.69) is 34.1 Å². The summed E-state index contributed by atoms with van der Waals surface area (Å²) in [5.41, 5.74) is 8.97. The highest BCUT2D eigenvalue weighted by atomic mass is 16.2. The van der Waals surface area contributed by atoms with Crippen LogP contribution in [0.4, 0.5) is 0 Å². The number of fused-ring (bicyclic) bond motifs is 1. The molecule has 152 valence electrons. The maximum Gasteiger partial charge on any atom is 0.227 e. The number of amides is 1. The maximum absolute atomic E-state index is 12.7. The lowest BCUT2D eigenvalue weighted by molar-refractivity contribution is -0.142. The van der Waals surface area contributed by atoms with Crippen molar-refractivity contribution in [2.45, 2.75) is 56.7 Å². The normalized spacial score (nSPS) is 28.3. The molecule has 2 N–H and O–H groups in total. The molecular formula is C23H34N4O. The Hall–Kier alpha value is -1.43. The molecule has 0 unspecified atom stereocenters. The minimum absolute atomic E-state index is 0.198. The quantitative estimate of drug-likeness (QED) is 0.861. The Morgan fingerprint density at radius 3 is 2.18 bits per heavy atom. The average molecular weight is 383 g/mol. The van der Waals surface area contributed by atoms with Crippen LogP contribution in [0.1, 0.15) is 36.8 Å². The molecule has 3 aliphatic heterocycles. The van der Waals surface area contributed by atoms with Gasteiger partial charge in [-0.25, -0.2) is 0 Å². The third-order valence-corrected chi connectivity index (χ3v) is 7.58. The van der Waals surface area contributed by atoms with Gasteiger partial charge in [-0.3, -0.25) is 14.6 Å². The van der Waals surface area contributed by atoms with Crippen molar-refractivity contribution >= 4 is 5.91 Å². The summed E-state index contributed by atoms with van der Waals surface area (Å²) in [6, 6.07) is 10.5. The van der Waals surface area contributed by atoms with Gasteiger partial charge in [0.05, 0.1) is 5.92 Å². The van der Waals surface area contributed by atoms with E-state index in [1.807, 2.05) is 4.90 Å². The largest absolute Gasteiger partial charge is 0.339 e. The van der Waals surface area contributed by atoms with Gasteiger partial charge >= 0.3 is 0 Å². The number of rotatable bonds is 3.